The van der Waals surface area contributed by atoms with Crippen molar-refractivity contribution in [2.24, 2.45) is 5.73 Å². The summed E-state index contributed by atoms with van der Waals surface area (Å²) in [5.41, 5.74) is 6.88. The zero-order valence-corrected chi connectivity index (χ0v) is 12.6. The standard InChI is InChI=1S/C14H12BrFN2S/c1-8-3-2-4-9(7-8)19-11-6-5-10(14(17)18)12(15)13(11)16/h2-7H,1H3,(H3,17,18). The van der Waals surface area contributed by atoms with E-state index in [9.17, 15) is 4.39 Å². The van der Waals surface area contributed by atoms with Crippen molar-refractivity contribution < 1.29 is 4.39 Å². The molecule has 2 aromatic carbocycles. The Labute approximate surface area is 123 Å². The predicted octanol–water partition coefficient (Wildman–Crippen LogP) is 4.33. The first-order chi connectivity index (χ1) is 8.99. The molecule has 0 saturated heterocycles. The lowest BCUT2D eigenvalue weighted by molar-refractivity contribution is 0.594. The van der Waals surface area contributed by atoms with Gasteiger partial charge in [-0.3, -0.25) is 5.41 Å². The van der Waals surface area contributed by atoms with Gasteiger partial charge in [-0.1, -0.05) is 29.5 Å². The fourth-order valence-corrected chi connectivity index (χ4v) is 3.29. The van der Waals surface area contributed by atoms with Crippen molar-refractivity contribution in [2.75, 3.05) is 0 Å². The SMILES string of the molecule is Cc1cccc(Sc2ccc(C(=N)N)c(Br)c2F)c1. The summed E-state index contributed by atoms with van der Waals surface area (Å²) in [7, 11) is 0. The number of halogens is 2. The third-order valence-electron chi connectivity index (χ3n) is 2.55. The van der Waals surface area contributed by atoms with Gasteiger partial charge in [0.1, 0.15) is 5.84 Å². The van der Waals surface area contributed by atoms with Crippen LogP contribution in [0, 0.1) is 18.2 Å². The van der Waals surface area contributed by atoms with Crippen molar-refractivity contribution in [2.45, 2.75) is 16.7 Å². The molecule has 2 aromatic rings. The van der Waals surface area contributed by atoms with Crippen LogP contribution in [0.4, 0.5) is 4.39 Å². The van der Waals surface area contributed by atoms with E-state index in [1.54, 1.807) is 12.1 Å². The molecule has 0 amide bonds. The maximum absolute atomic E-state index is 14.2. The summed E-state index contributed by atoms with van der Waals surface area (Å²) in [6, 6.07) is 11.2. The summed E-state index contributed by atoms with van der Waals surface area (Å²) < 4.78 is 14.4. The Balaban J connectivity index is 2.37. The lowest BCUT2D eigenvalue weighted by Crippen LogP contribution is -2.12. The lowest BCUT2D eigenvalue weighted by Gasteiger charge is -2.08. The highest BCUT2D eigenvalue weighted by Crippen LogP contribution is 2.34. The van der Waals surface area contributed by atoms with Gasteiger partial charge in [0, 0.05) is 15.4 Å². The molecule has 0 aromatic heterocycles. The van der Waals surface area contributed by atoms with Gasteiger partial charge in [-0.15, -0.1) is 0 Å². The molecule has 2 rings (SSSR count). The molecule has 5 heteroatoms. The third-order valence-corrected chi connectivity index (χ3v) is 4.35. The molecule has 0 aliphatic carbocycles. The second kappa shape index (κ2) is 5.75. The van der Waals surface area contributed by atoms with E-state index < -0.39 is 0 Å². The lowest BCUT2D eigenvalue weighted by atomic mass is 10.2. The number of hydrogen-bond donors (Lipinski definition) is 2. The summed E-state index contributed by atoms with van der Waals surface area (Å²) in [6.45, 7) is 2.00. The van der Waals surface area contributed by atoms with Gasteiger partial charge in [-0.2, -0.15) is 0 Å². The van der Waals surface area contributed by atoms with Gasteiger partial charge in [-0.05, 0) is 47.1 Å². The quantitative estimate of drug-likeness (QED) is 0.646. The van der Waals surface area contributed by atoms with Crippen LogP contribution in [0.25, 0.3) is 0 Å². The Bertz CT molecular complexity index is 643. The first-order valence-corrected chi connectivity index (χ1v) is 7.17. The van der Waals surface area contributed by atoms with E-state index in [4.69, 9.17) is 11.1 Å². The molecule has 19 heavy (non-hydrogen) atoms. The monoisotopic (exact) mass is 338 g/mol. The minimum absolute atomic E-state index is 0.155. The molecule has 0 radical (unpaired) electrons. The van der Waals surface area contributed by atoms with Gasteiger partial charge in [0.15, 0.2) is 5.82 Å². The molecular weight excluding hydrogens is 327 g/mol. The molecule has 98 valence electrons. The normalized spacial score (nSPS) is 10.5. The smallest absolute Gasteiger partial charge is 0.152 e. The van der Waals surface area contributed by atoms with Crippen LogP contribution >= 0.6 is 27.7 Å². The number of nitrogens with one attached hydrogen (secondary N) is 1. The Morgan fingerprint density at radius 1 is 1.32 bits per heavy atom. The second-order valence-corrected chi connectivity index (χ2v) is 5.98. The highest BCUT2D eigenvalue weighted by Gasteiger charge is 2.13. The average Bonchev–Trinajstić information content (AvgIpc) is 2.35. The van der Waals surface area contributed by atoms with Crippen molar-refractivity contribution in [1.29, 1.82) is 5.41 Å². The Kier molecular flexibility index (Phi) is 4.27. The Morgan fingerprint density at radius 2 is 2.05 bits per heavy atom. The average molecular weight is 339 g/mol. The molecule has 0 spiro atoms. The van der Waals surface area contributed by atoms with Crippen LogP contribution in [-0.4, -0.2) is 5.84 Å². The molecule has 0 unspecified atom stereocenters. The summed E-state index contributed by atoms with van der Waals surface area (Å²) in [4.78, 5) is 1.48. The van der Waals surface area contributed by atoms with E-state index in [0.717, 1.165) is 10.5 Å². The van der Waals surface area contributed by atoms with Gasteiger partial charge in [0.05, 0.1) is 4.47 Å². The number of amidine groups is 1. The van der Waals surface area contributed by atoms with E-state index >= 15 is 0 Å². The van der Waals surface area contributed by atoms with Gasteiger partial charge in [0.25, 0.3) is 0 Å². The van der Waals surface area contributed by atoms with E-state index in [2.05, 4.69) is 15.9 Å². The predicted molar refractivity (Wildman–Crippen MR) is 80.4 cm³/mol. The number of benzene rings is 2. The molecule has 0 aliphatic rings. The van der Waals surface area contributed by atoms with E-state index in [0.29, 0.717) is 10.5 Å². The maximum Gasteiger partial charge on any atom is 0.152 e. The summed E-state index contributed by atoms with van der Waals surface area (Å²) in [5, 5.41) is 7.37. The largest absolute Gasteiger partial charge is 0.384 e. The fourth-order valence-electron chi connectivity index (χ4n) is 1.62. The molecule has 2 nitrogen and oxygen atoms in total. The second-order valence-electron chi connectivity index (χ2n) is 4.07. The summed E-state index contributed by atoms with van der Waals surface area (Å²) in [6.07, 6.45) is 0. The molecule has 0 bridgehead atoms. The number of aryl methyl sites for hydroxylation is 1. The third kappa shape index (κ3) is 3.16. The topological polar surface area (TPSA) is 49.9 Å². The van der Waals surface area contributed by atoms with Crippen LogP contribution in [0.2, 0.25) is 0 Å². The van der Waals surface area contributed by atoms with E-state index in [1.807, 2.05) is 31.2 Å². The molecule has 3 N–H and O–H groups in total. The van der Waals surface area contributed by atoms with Gasteiger partial charge >= 0.3 is 0 Å². The van der Waals surface area contributed by atoms with Crippen LogP contribution in [0.3, 0.4) is 0 Å². The zero-order valence-electron chi connectivity index (χ0n) is 10.2. The molecule has 0 saturated carbocycles. The van der Waals surface area contributed by atoms with Crippen LogP contribution in [0.1, 0.15) is 11.1 Å². The molecule has 0 atom stereocenters. The minimum Gasteiger partial charge on any atom is -0.384 e. The van der Waals surface area contributed by atoms with Crippen molar-refractivity contribution in [3.8, 4) is 0 Å². The number of rotatable bonds is 3. The maximum atomic E-state index is 14.2. The van der Waals surface area contributed by atoms with Crippen LogP contribution in [0.5, 0.6) is 0 Å². The summed E-state index contributed by atoms with van der Waals surface area (Å²) in [5.74, 6) is -0.544. The number of hydrogen-bond acceptors (Lipinski definition) is 2. The fraction of sp³-hybridized carbons (Fsp3) is 0.0714. The summed E-state index contributed by atoms with van der Waals surface area (Å²) >= 11 is 4.50. The number of nitrogen functional groups attached to an aromatic ring is 1. The molecular formula is C14H12BrFN2S. The van der Waals surface area contributed by atoms with Crippen LogP contribution in [-0.2, 0) is 0 Å². The van der Waals surface area contributed by atoms with Crippen LogP contribution in [0.15, 0.2) is 50.7 Å². The highest BCUT2D eigenvalue weighted by atomic mass is 79.9. The van der Waals surface area contributed by atoms with Crippen molar-refractivity contribution >= 4 is 33.5 Å². The molecule has 0 fully saturated rings. The Morgan fingerprint density at radius 3 is 2.68 bits per heavy atom. The van der Waals surface area contributed by atoms with Crippen LogP contribution < -0.4 is 5.73 Å². The van der Waals surface area contributed by atoms with Gasteiger partial charge in [0.2, 0.25) is 0 Å². The van der Waals surface area contributed by atoms with E-state index in [-0.39, 0.29) is 16.1 Å². The first kappa shape index (κ1) is 14.1. The van der Waals surface area contributed by atoms with Crippen molar-refractivity contribution in [1.82, 2.24) is 0 Å². The van der Waals surface area contributed by atoms with Crippen molar-refractivity contribution in [3.63, 3.8) is 0 Å². The highest BCUT2D eigenvalue weighted by molar-refractivity contribution is 9.10. The molecule has 0 heterocycles. The first-order valence-electron chi connectivity index (χ1n) is 5.56. The number of nitrogens with two attached hydrogens (primary N) is 1. The van der Waals surface area contributed by atoms with Gasteiger partial charge < -0.3 is 5.73 Å². The molecule has 0 aliphatic heterocycles. The Hall–Kier alpha value is -1.33. The minimum atomic E-state index is -0.390. The zero-order chi connectivity index (χ0) is 14.0. The van der Waals surface area contributed by atoms with Crippen molar-refractivity contribution in [3.05, 3.63) is 57.8 Å². The van der Waals surface area contributed by atoms with Gasteiger partial charge in [-0.25, -0.2) is 4.39 Å². The van der Waals surface area contributed by atoms with E-state index in [1.165, 1.54) is 11.8 Å².